The van der Waals surface area contributed by atoms with Crippen LogP contribution in [0, 0.1) is 20.8 Å². The lowest BCUT2D eigenvalue weighted by molar-refractivity contribution is 0.112. The molecule has 2 heterocycles. The van der Waals surface area contributed by atoms with Gasteiger partial charge in [-0.05, 0) is 63.6 Å². The molecule has 2 aromatic carbocycles. The van der Waals surface area contributed by atoms with Gasteiger partial charge in [0.05, 0.1) is 16.1 Å². The van der Waals surface area contributed by atoms with Gasteiger partial charge < -0.3 is 4.74 Å². The Morgan fingerprint density at radius 1 is 1.03 bits per heavy atom. The molecule has 36 heavy (non-hydrogen) atoms. The van der Waals surface area contributed by atoms with Crippen LogP contribution in [0.5, 0.6) is 0 Å². The number of fused-ring (bicyclic) bond motifs is 1. The summed E-state index contributed by atoms with van der Waals surface area (Å²) in [6.07, 6.45) is -0.316. The van der Waals surface area contributed by atoms with Gasteiger partial charge in [0.15, 0.2) is 0 Å². The SMILES string of the molecule is CCc1nc2c(C)nc(C)cc2n1-c1ccc(CC(C)OC(=O)NS(=O)(=O)c2ccc(C)cc2)cc1. The molecule has 8 nitrogen and oxygen atoms in total. The minimum Gasteiger partial charge on any atom is -0.445 e. The van der Waals surface area contributed by atoms with Crippen LogP contribution in [0.1, 0.15) is 42.2 Å². The summed E-state index contributed by atoms with van der Waals surface area (Å²) in [7, 11) is -3.99. The number of nitrogens with zero attached hydrogens (tertiary/aromatic N) is 3. The van der Waals surface area contributed by atoms with E-state index in [-0.39, 0.29) is 4.90 Å². The zero-order valence-electron chi connectivity index (χ0n) is 21.1. The number of carbonyl (C=O) groups is 1. The van der Waals surface area contributed by atoms with Crippen molar-refractivity contribution in [1.29, 1.82) is 0 Å². The summed E-state index contributed by atoms with van der Waals surface area (Å²) >= 11 is 0. The summed E-state index contributed by atoms with van der Waals surface area (Å²) in [5.74, 6) is 0.955. The number of ether oxygens (including phenoxy) is 1. The standard InChI is InChI=1S/C27H30N4O4S/c1-6-25-29-26-20(5)28-18(3)15-24(26)31(25)22-11-9-21(10-12-22)16-19(4)35-27(32)30-36(33,34)23-13-7-17(2)8-14-23/h7-15,19H,6,16H2,1-5H3,(H,30,32). The van der Waals surface area contributed by atoms with Gasteiger partial charge in [-0.1, -0.05) is 36.8 Å². The van der Waals surface area contributed by atoms with E-state index >= 15 is 0 Å². The molecule has 0 spiro atoms. The van der Waals surface area contributed by atoms with Crippen molar-refractivity contribution >= 4 is 27.1 Å². The Balaban J connectivity index is 1.45. The van der Waals surface area contributed by atoms with Crippen LogP contribution in [0.15, 0.2) is 59.5 Å². The van der Waals surface area contributed by atoms with Crippen molar-refractivity contribution in [3.63, 3.8) is 0 Å². The largest absolute Gasteiger partial charge is 0.445 e. The normalized spacial score (nSPS) is 12.5. The first-order chi connectivity index (χ1) is 17.1. The van der Waals surface area contributed by atoms with E-state index in [2.05, 4.69) is 16.5 Å². The first-order valence-electron chi connectivity index (χ1n) is 11.8. The maximum absolute atomic E-state index is 12.4. The maximum Gasteiger partial charge on any atom is 0.421 e. The maximum atomic E-state index is 12.4. The third-order valence-electron chi connectivity index (χ3n) is 5.91. The van der Waals surface area contributed by atoms with Crippen LogP contribution in [0.2, 0.25) is 0 Å². The van der Waals surface area contributed by atoms with Crippen molar-refractivity contribution < 1.29 is 17.9 Å². The summed E-state index contributed by atoms with van der Waals surface area (Å²) in [6, 6.07) is 16.2. The van der Waals surface area contributed by atoms with Crippen molar-refractivity contribution in [3.8, 4) is 5.69 Å². The number of benzene rings is 2. The Morgan fingerprint density at radius 3 is 2.33 bits per heavy atom. The predicted octanol–water partition coefficient (Wildman–Crippen LogP) is 4.95. The van der Waals surface area contributed by atoms with Crippen molar-refractivity contribution in [2.24, 2.45) is 0 Å². The van der Waals surface area contributed by atoms with E-state index in [0.717, 1.165) is 51.5 Å². The second-order valence-corrected chi connectivity index (χ2v) is 10.6. The summed E-state index contributed by atoms with van der Waals surface area (Å²) in [4.78, 5) is 21.6. The number of hydrogen-bond donors (Lipinski definition) is 1. The number of pyridine rings is 1. The highest BCUT2D eigenvalue weighted by atomic mass is 32.2. The average Bonchev–Trinajstić information content (AvgIpc) is 3.18. The molecule has 1 N–H and O–H groups in total. The molecule has 1 amide bonds. The first kappa shape index (κ1) is 25.4. The molecule has 0 saturated heterocycles. The Kier molecular flexibility index (Phi) is 7.12. The quantitative estimate of drug-likeness (QED) is 0.380. The Bertz CT molecular complexity index is 1510. The molecule has 0 saturated carbocycles. The van der Waals surface area contributed by atoms with E-state index in [1.165, 1.54) is 12.1 Å². The number of nitrogens with one attached hydrogen (secondary N) is 1. The Labute approximate surface area is 211 Å². The van der Waals surface area contributed by atoms with Crippen molar-refractivity contribution in [3.05, 3.63) is 82.9 Å². The van der Waals surface area contributed by atoms with Crippen LogP contribution < -0.4 is 4.72 Å². The van der Waals surface area contributed by atoms with Gasteiger partial charge in [0, 0.05) is 24.2 Å². The number of carbonyl (C=O) groups excluding carboxylic acids is 1. The monoisotopic (exact) mass is 506 g/mol. The fourth-order valence-electron chi connectivity index (χ4n) is 4.20. The molecule has 188 valence electrons. The van der Waals surface area contributed by atoms with E-state index in [9.17, 15) is 13.2 Å². The number of imidazole rings is 1. The van der Waals surface area contributed by atoms with Crippen molar-refractivity contribution in [1.82, 2.24) is 19.3 Å². The van der Waals surface area contributed by atoms with Crippen LogP contribution in [0.4, 0.5) is 4.79 Å². The highest BCUT2D eigenvalue weighted by molar-refractivity contribution is 7.90. The number of amides is 1. The molecular weight excluding hydrogens is 476 g/mol. The van der Waals surface area contributed by atoms with Gasteiger partial charge in [0.1, 0.15) is 17.4 Å². The third-order valence-corrected chi connectivity index (χ3v) is 7.23. The number of hydrogen-bond acceptors (Lipinski definition) is 6. The lowest BCUT2D eigenvalue weighted by Gasteiger charge is -2.15. The molecule has 1 atom stereocenters. The van der Waals surface area contributed by atoms with Gasteiger partial charge in [-0.15, -0.1) is 0 Å². The smallest absolute Gasteiger partial charge is 0.421 e. The average molecular weight is 507 g/mol. The molecular formula is C27H30N4O4S. The van der Waals surface area contributed by atoms with Gasteiger partial charge >= 0.3 is 6.09 Å². The summed E-state index contributed by atoms with van der Waals surface area (Å²) in [6.45, 7) is 9.60. The molecule has 2 aromatic heterocycles. The summed E-state index contributed by atoms with van der Waals surface area (Å²) in [5, 5.41) is 0. The second-order valence-electron chi connectivity index (χ2n) is 8.94. The number of aromatic nitrogens is 3. The highest BCUT2D eigenvalue weighted by Crippen LogP contribution is 2.25. The molecule has 4 rings (SSSR count). The minimum atomic E-state index is -3.99. The summed E-state index contributed by atoms with van der Waals surface area (Å²) < 4.78 is 34.2. The van der Waals surface area contributed by atoms with Gasteiger partial charge in [-0.25, -0.2) is 22.9 Å². The molecule has 0 aliphatic rings. The van der Waals surface area contributed by atoms with Crippen LogP contribution in [0.25, 0.3) is 16.7 Å². The van der Waals surface area contributed by atoms with Gasteiger partial charge in [0.25, 0.3) is 10.0 Å². The lowest BCUT2D eigenvalue weighted by Crippen LogP contribution is -2.33. The lowest BCUT2D eigenvalue weighted by atomic mass is 10.1. The summed E-state index contributed by atoms with van der Waals surface area (Å²) in [5.41, 5.74) is 6.63. The van der Waals surface area contributed by atoms with E-state index in [1.807, 2.05) is 55.8 Å². The van der Waals surface area contributed by atoms with E-state index < -0.39 is 22.2 Å². The molecule has 1 unspecified atom stereocenters. The highest BCUT2D eigenvalue weighted by Gasteiger charge is 2.20. The molecule has 0 fully saturated rings. The van der Waals surface area contributed by atoms with Crippen LogP contribution in [-0.4, -0.2) is 35.2 Å². The predicted molar refractivity (Wildman–Crippen MR) is 139 cm³/mol. The number of aryl methyl sites for hydroxylation is 4. The van der Waals surface area contributed by atoms with Crippen LogP contribution in [-0.2, 0) is 27.6 Å². The fraction of sp³-hybridized carbons (Fsp3) is 0.296. The zero-order chi connectivity index (χ0) is 26.0. The third kappa shape index (κ3) is 5.41. The van der Waals surface area contributed by atoms with Crippen molar-refractivity contribution in [2.45, 2.75) is 58.5 Å². The molecule has 4 aromatic rings. The minimum absolute atomic E-state index is 0.00735. The zero-order valence-corrected chi connectivity index (χ0v) is 21.9. The van der Waals surface area contributed by atoms with E-state index in [1.54, 1.807) is 19.1 Å². The van der Waals surface area contributed by atoms with Crippen LogP contribution in [0.3, 0.4) is 0 Å². The molecule has 0 aliphatic heterocycles. The van der Waals surface area contributed by atoms with Gasteiger partial charge in [-0.2, -0.15) is 0 Å². The van der Waals surface area contributed by atoms with Crippen LogP contribution >= 0.6 is 0 Å². The first-order valence-corrected chi connectivity index (χ1v) is 13.3. The molecule has 0 bridgehead atoms. The molecule has 0 aliphatic carbocycles. The number of sulfonamides is 1. The number of rotatable bonds is 7. The van der Waals surface area contributed by atoms with Crippen molar-refractivity contribution in [2.75, 3.05) is 0 Å². The van der Waals surface area contributed by atoms with Gasteiger partial charge in [-0.3, -0.25) is 9.55 Å². The molecule has 0 radical (unpaired) electrons. The second kappa shape index (κ2) is 10.1. The van der Waals surface area contributed by atoms with Gasteiger partial charge in [0.2, 0.25) is 0 Å². The topological polar surface area (TPSA) is 103 Å². The fourth-order valence-corrected chi connectivity index (χ4v) is 5.08. The van der Waals surface area contributed by atoms with E-state index in [0.29, 0.717) is 6.42 Å². The van der Waals surface area contributed by atoms with E-state index in [4.69, 9.17) is 9.72 Å². The Hall–Kier alpha value is -3.72. The molecule has 9 heteroatoms. The Morgan fingerprint density at radius 2 is 1.69 bits per heavy atom.